The van der Waals surface area contributed by atoms with Crippen LogP contribution in [0.2, 0.25) is 5.02 Å². The Hall–Kier alpha value is -0.800. The number of pyridine rings is 1. The average Bonchev–Trinajstić information content (AvgIpc) is 2.20. The van der Waals surface area contributed by atoms with Crippen molar-refractivity contribution in [2.45, 2.75) is 20.8 Å². The third-order valence-electron chi connectivity index (χ3n) is 1.33. The minimum Gasteiger partial charge on any atom is -0.475 e. The van der Waals surface area contributed by atoms with E-state index in [1.807, 2.05) is 20.8 Å². The standard InChI is InChI=1S/C8H10ClNO2.C2H6/c1-6-4-7(9)5-10-8(6)12-3-2-11;1-2/h4-5,11H,2-3H2,1H3;1-2H3. The fourth-order valence-electron chi connectivity index (χ4n) is 0.821. The van der Waals surface area contributed by atoms with Crippen LogP contribution in [-0.2, 0) is 0 Å². The third kappa shape index (κ3) is 4.44. The zero-order valence-corrected chi connectivity index (χ0v) is 9.51. The molecule has 0 saturated carbocycles. The highest BCUT2D eigenvalue weighted by Gasteiger charge is 2.00. The van der Waals surface area contributed by atoms with Crippen LogP contribution in [0.25, 0.3) is 0 Å². The molecule has 0 aliphatic carbocycles. The molecular weight excluding hydrogens is 202 g/mol. The van der Waals surface area contributed by atoms with E-state index >= 15 is 0 Å². The van der Waals surface area contributed by atoms with Gasteiger partial charge in [0.1, 0.15) is 6.61 Å². The second-order valence-corrected chi connectivity index (χ2v) is 2.78. The first-order valence-electron chi connectivity index (χ1n) is 4.60. The monoisotopic (exact) mass is 217 g/mol. The zero-order valence-electron chi connectivity index (χ0n) is 8.75. The summed E-state index contributed by atoms with van der Waals surface area (Å²) in [4.78, 5) is 3.95. The molecule has 1 N–H and O–H groups in total. The van der Waals surface area contributed by atoms with Crippen LogP contribution >= 0.6 is 11.6 Å². The van der Waals surface area contributed by atoms with Gasteiger partial charge in [-0.1, -0.05) is 25.4 Å². The fourth-order valence-corrected chi connectivity index (χ4v) is 1.03. The minimum atomic E-state index is -0.0102. The summed E-state index contributed by atoms with van der Waals surface area (Å²) in [6.45, 7) is 6.10. The molecule has 3 nitrogen and oxygen atoms in total. The smallest absolute Gasteiger partial charge is 0.216 e. The molecular formula is C10H16ClNO2. The van der Waals surface area contributed by atoms with Crippen LogP contribution in [0, 0.1) is 6.92 Å². The molecule has 0 fully saturated rings. The summed E-state index contributed by atoms with van der Waals surface area (Å²) < 4.78 is 5.12. The highest BCUT2D eigenvalue weighted by atomic mass is 35.5. The molecule has 0 aliphatic rings. The summed E-state index contributed by atoms with van der Waals surface area (Å²) >= 11 is 5.68. The van der Waals surface area contributed by atoms with E-state index in [0.29, 0.717) is 10.9 Å². The fraction of sp³-hybridized carbons (Fsp3) is 0.500. The number of hydrogen-bond acceptors (Lipinski definition) is 3. The van der Waals surface area contributed by atoms with Crippen LogP contribution in [0.4, 0.5) is 0 Å². The van der Waals surface area contributed by atoms with Gasteiger partial charge in [-0.05, 0) is 13.0 Å². The molecule has 1 aromatic heterocycles. The Bertz CT molecular complexity index is 266. The van der Waals surface area contributed by atoms with Crippen LogP contribution in [0.15, 0.2) is 12.3 Å². The van der Waals surface area contributed by atoms with Gasteiger partial charge in [0.15, 0.2) is 0 Å². The Morgan fingerprint density at radius 3 is 2.64 bits per heavy atom. The maximum atomic E-state index is 8.49. The first-order chi connectivity index (χ1) is 6.74. The second kappa shape index (κ2) is 7.59. The molecule has 0 aliphatic heterocycles. The van der Waals surface area contributed by atoms with E-state index in [1.54, 1.807) is 6.07 Å². The summed E-state index contributed by atoms with van der Waals surface area (Å²) in [5, 5.41) is 9.08. The van der Waals surface area contributed by atoms with E-state index in [-0.39, 0.29) is 13.2 Å². The molecule has 0 saturated heterocycles. The number of aryl methyl sites for hydroxylation is 1. The Kier molecular flexibility index (Phi) is 7.16. The maximum Gasteiger partial charge on any atom is 0.216 e. The SMILES string of the molecule is CC.Cc1cc(Cl)cnc1OCCO. The summed E-state index contributed by atoms with van der Waals surface area (Å²) in [5.41, 5.74) is 0.871. The van der Waals surface area contributed by atoms with Crippen molar-refractivity contribution < 1.29 is 9.84 Å². The molecule has 0 spiro atoms. The topological polar surface area (TPSA) is 42.4 Å². The largest absolute Gasteiger partial charge is 0.475 e. The van der Waals surface area contributed by atoms with E-state index in [9.17, 15) is 0 Å². The van der Waals surface area contributed by atoms with Gasteiger partial charge in [-0.15, -0.1) is 0 Å². The number of ether oxygens (including phenoxy) is 1. The zero-order chi connectivity index (χ0) is 11.0. The van der Waals surface area contributed by atoms with E-state index in [0.717, 1.165) is 5.56 Å². The number of aliphatic hydroxyl groups is 1. The van der Waals surface area contributed by atoms with Crippen LogP contribution in [-0.4, -0.2) is 23.3 Å². The number of aromatic nitrogens is 1. The lowest BCUT2D eigenvalue weighted by Crippen LogP contribution is -2.04. The molecule has 0 amide bonds. The molecule has 1 rings (SSSR count). The Morgan fingerprint density at radius 1 is 1.50 bits per heavy atom. The highest BCUT2D eigenvalue weighted by Crippen LogP contribution is 2.17. The predicted octanol–water partition coefficient (Wildman–Crippen LogP) is 2.44. The number of hydrogen-bond donors (Lipinski definition) is 1. The summed E-state index contributed by atoms with van der Waals surface area (Å²) in [7, 11) is 0. The Labute approximate surface area is 89.7 Å². The van der Waals surface area contributed by atoms with Crippen molar-refractivity contribution in [3.8, 4) is 5.88 Å². The van der Waals surface area contributed by atoms with Crippen molar-refractivity contribution in [3.63, 3.8) is 0 Å². The van der Waals surface area contributed by atoms with Crippen LogP contribution in [0.1, 0.15) is 19.4 Å². The van der Waals surface area contributed by atoms with Crippen molar-refractivity contribution in [2.75, 3.05) is 13.2 Å². The van der Waals surface area contributed by atoms with E-state index in [2.05, 4.69) is 4.98 Å². The van der Waals surface area contributed by atoms with Gasteiger partial charge in [0.05, 0.1) is 11.6 Å². The molecule has 4 heteroatoms. The van der Waals surface area contributed by atoms with Crippen molar-refractivity contribution in [2.24, 2.45) is 0 Å². The summed E-state index contributed by atoms with van der Waals surface area (Å²) in [5.74, 6) is 0.522. The van der Waals surface area contributed by atoms with Gasteiger partial charge in [-0.3, -0.25) is 0 Å². The number of halogens is 1. The number of nitrogens with zero attached hydrogens (tertiary/aromatic N) is 1. The molecule has 14 heavy (non-hydrogen) atoms. The van der Waals surface area contributed by atoms with Crippen molar-refractivity contribution in [1.82, 2.24) is 4.98 Å². The van der Waals surface area contributed by atoms with Crippen molar-refractivity contribution in [3.05, 3.63) is 22.8 Å². The van der Waals surface area contributed by atoms with Gasteiger partial charge in [0, 0.05) is 11.8 Å². The van der Waals surface area contributed by atoms with Gasteiger partial charge in [0.25, 0.3) is 0 Å². The molecule has 1 heterocycles. The van der Waals surface area contributed by atoms with Gasteiger partial charge in [-0.25, -0.2) is 4.98 Å². The molecule has 0 radical (unpaired) electrons. The van der Waals surface area contributed by atoms with Crippen LogP contribution in [0.3, 0.4) is 0 Å². The molecule has 1 aromatic rings. The average molecular weight is 218 g/mol. The van der Waals surface area contributed by atoms with E-state index in [1.165, 1.54) is 6.20 Å². The third-order valence-corrected chi connectivity index (χ3v) is 1.53. The normalized spacial score (nSPS) is 8.93. The van der Waals surface area contributed by atoms with Crippen LogP contribution in [0.5, 0.6) is 5.88 Å². The molecule has 0 atom stereocenters. The summed E-state index contributed by atoms with van der Waals surface area (Å²) in [6, 6.07) is 1.77. The van der Waals surface area contributed by atoms with Gasteiger partial charge < -0.3 is 9.84 Å². The molecule has 0 aromatic carbocycles. The number of rotatable bonds is 3. The van der Waals surface area contributed by atoms with Crippen molar-refractivity contribution in [1.29, 1.82) is 0 Å². The van der Waals surface area contributed by atoms with Crippen LogP contribution < -0.4 is 4.74 Å². The molecule has 0 bridgehead atoms. The quantitative estimate of drug-likeness (QED) is 0.846. The first kappa shape index (κ1) is 13.2. The highest BCUT2D eigenvalue weighted by molar-refractivity contribution is 6.30. The maximum absolute atomic E-state index is 8.49. The number of aliphatic hydroxyl groups excluding tert-OH is 1. The molecule has 80 valence electrons. The Balaban J connectivity index is 0.000000791. The van der Waals surface area contributed by atoms with E-state index in [4.69, 9.17) is 21.4 Å². The van der Waals surface area contributed by atoms with E-state index < -0.39 is 0 Å². The lowest BCUT2D eigenvalue weighted by atomic mass is 10.3. The van der Waals surface area contributed by atoms with Gasteiger partial charge in [-0.2, -0.15) is 0 Å². The van der Waals surface area contributed by atoms with Crippen molar-refractivity contribution >= 4 is 11.6 Å². The van der Waals surface area contributed by atoms with Gasteiger partial charge >= 0.3 is 0 Å². The Morgan fingerprint density at radius 2 is 2.14 bits per heavy atom. The van der Waals surface area contributed by atoms with Gasteiger partial charge in [0.2, 0.25) is 5.88 Å². The predicted molar refractivity (Wildman–Crippen MR) is 57.9 cm³/mol. The first-order valence-corrected chi connectivity index (χ1v) is 4.97. The minimum absolute atomic E-state index is 0.0102. The molecule has 0 unspecified atom stereocenters. The lowest BCUT2D eigenvalue weighted by molar-refractivity contribution is 0.196. The lowest BCUT2D eigenvalue weighted by Gasteiger charge is -2.05. The second-order valence-electron chi connectivity index (χ2n) is 2.35. The summed E-state index contributed by atoms with van der Waals surface area (Å²) in [6.07, 6.45) is 1.52.